The number of rotatable bonds is 0. The summed E-state index contributed by atoms with van der Waals surface area (Å²) in [6.07, 6.45) is 1.45. The largest absolute Gasteiger partial charge is 0.393 e. The van der Waals surface area contributed by atoms with Crippen molar-refractivity contribution in [3.8, 4) is 0 Å². The Kier molecular flexibility index (Phi) is 1.62. The van der Waals surface area contributed by atoms with Crippen molar-refractivity contribution in [2.24, 2.45) is 23.7 Å². The zero-order valence-electron chi connectivity index (χ0n) is 7.74. The molecule has 1 saturated carbocycles. The molecule has 0 aromatic heterocycles. The number of hydrogen-bond donors (Lipinski definition) is 2. The molecule has 5 heteroatoms. The smallest absolute Gasteiger partial charge is 0.318 e. The number of ether oxygens (including phenoxy) is 1. The van der Waals surface area contributed by atoms with Crippen molar-refractivity contribution in [2.45, 2.75) is 12.2 Å². The van der Waals surface area contributed by atoms with Gasteiger partial charge >= 0.3 is 11.9 Å². The lowest BCUT2D eigenvalue weighted by Gasteiger charge is -2.44. The van der Waals surface area contributed by atoms with Crippen molar-refractivity contribution in [3.05, 3.63) is 12.2 Å². The highest BCUT2D eigenvalue weighted by molar-refractivity contribution is 5.97. The Hall–Kier alpha value is -1.20. The molecule has 5 nitrogen and oxygen atoms in total. The molecule has 3 aliphatic carbocycles. The predicted octanol–water partition coefficient (Wildman–Crippen LogP) is -1.16. The SMILES string of the molecule is O=C1OC(=O)[C@@H]2[C@H]3C=C[C@@H]([C@H](O)[C@H]3O)[C@@H]12. The van der Waals surface area contributed by atoms with Gasteiger partial charge in [-0.15, -0.1) is 0 Å². The normalized spacial score (nSPS) is 51.9. The second-order valence-corrected chi connectivity index (χ2v) is 4.31. The Balaban J connectivity index is 2.08. The topological polar surface area (TPSA) is 83.8 Å². The van der Waals surface area contributed by atoms with E-state index in [0.717, 1.165) is 0 Å². The predicted molar refractivity (Wildman–Crippen MR) is 46.2 cm³/mol. The van der Waals surface area contributed by atoms with E-state index in [-0.39, 0.29) is 0 Å². The summed E-state index contributed by atoms with van der Waals surface area (Å²) in [6.45, 7) is 0. The Labute approximate surface area is 85.3 Å². The number of esters is 2. The van der Waals surface area contributed by atoms with Crippen molar-refractivity contribution in [1.29, 1.82) is 0 Å². The Morgan fingerprint density at radius 2 is 1.33 bits per heavy atom. The molecule has 2 N–H and O–H groups in total. The maximum Gasteiger partial charge on any atom is 0.318 e. The molecule has 0 radical (unpaired) electrons. The number of hydrogen-bond acceptors (Lipinski definition) is 5. The van der Waals surface area contributed by atoms with E-state index in [9.17, 15) is 19.8 Å². The highest BCUT2D eigenvalue weighted by Crippen LogP contribution is 2.48. The first kappa shape index (κ1) is 9.06. The van der Waals surface area contributed by atoms with Gasteiger partial charge in [-0.25, -0.2) is 0 Å². The molecule has 1 heterocycles. The van der Waals surface area contributed by atoms with Gasteiger partial charge in [0, 0.05) is 11.8 Å². The average molecular weight is 210 g/mol. The van der Waals surface area contributed by atoms with E-state index in [1.807, 2.05) is 0 Å². The Morgan fingerprint density at radius 3 is 1.73 bits per heavy atom. The zero-order valence-corrected chi connectivity index (χ0v) is 7.74. The van der Waals surface area contributed by atoms with Crippen LogP contribution >= 0.6 is 0 Å². The maximum absolute atomic E-state index is 11.4. The number of fused-ring (bicyclic) bond motifs is 1. The van der Waals surface area contributed by atoms with Gasteiger partial charge in [-0.1, -0.05) is 12.2 Å². The third-order valence-corrected chi connectivity index (χ3v) is 3.66. The minimum Gasteiger partial charge on any atom is -0.393 e. The lowest BCUT2D eigenvalue weighted by molar-refractivity contribution is -0.154. The van der Waals surface area contributed by atoms with E-state index in [0.29, 0.717) is 0 Å². The highest BCUT2D eigenvalue weighted by Gasteiger charge is 2.61. The fourth-order valence-corrected chi connectivity index (χ4v) is 2.93. The van der Waals surface area contributed by atoms with Crippen LogP contribution in [0.5, 0.6) is 0 Å². The van der Waals surface area contributed by atoms with Gasteiger partial charge in [-0.05, 0) is 0 Å². The summed E-state index contributed by atoms with van der Waals surface area (Å²) in [5.41, 5.74) is 0. The summed E-state index contributed by atoms with van der Waals surface area (Å²) >= 11 is 0. The van der Waals surface area contributed by atoms with E-state index in [1.54, 1.807) is 12.2 Å². The molecule has 15 heavy (non-hydrogen) atoms. The molecule has 1 saturated heterocycles. The molecule has 4 rings (SSSR count). The van der Waals surface area contributed by atoms with Gasteiger partial charge in [0.05, 0.1) is 24.0 Å². The lowest BCUT2D eigenvalue weighted by Crippen LogP contribution is -2.55. The van der Waals surface area contributed by atoms with Gasteiger partial charge in [0.2, 0.25) is 0 Å². The van der Waals surface area contributed by atoms with Crippen molar-refractivity contribution in [1.82, 2.24) is 0 Å². The van der Waals surface area contributed by atoms with Gasteiger partial charge in [-0.3, -0.25) is 9.59 Å². The first-order chi connectivity index (χ1) is 7.11. The molecule has 6 atom stereocenters. The third-order valence-electron chi connectivity index (χ3n) is 3.66. The molecule has 0 spiro atoms. The molecule has 0 aromatic carbocycles. The van der Waals surface area contributed by atoms with E-state index in [2.05, 4.69) is 4.74 Å². The fraction of sp³-hybridized carbons (Fsp3) is 0.600. The van der Waals surface area contributed by atoms with Crippen LogP contribution in [0.3, 0.4) is 0 Å². The molecular weight excluding hydrogens is 200 g/mol. The van der Waals surface area contributed by atoms with Gasteiger partial charge in [0.15, 0.2) is 0 Å². The molecule has 0 amide bonds. The number of aliphatic hydroxyl groups is 2. The van der Waals surface area contributed by atoms with Gasteiger partial charge in [0.25, 0.3) is 0 Å². The van der Waals surface area contributed by atoms with E-state index >= 15 is 0 Å². The molecule has 4 aliphatic rings. The third kappa shape index (κ3) is 0.943. The highest BCUT2D eigenvalue weighted by atomic mass is 16.6. The number of aliphatic hydroxyl groups excluding tert-OH is 2. The molecular formula is C10H10O5. The summed E-state index contributed by atoms with van der Waals surface area (Å²) in [7, 11) is 0. The molecule has 0 unspecified atom stereocenters. The zero-order chi connectivity index (χ0) is 10.7. The quantitative estimate of drug-likeness (QED) is 0.299. The minimum absolute atomic E-state index is 0.492. The molecule has 2 bridgehead atoms. The van der Waals surface area contributed by atoms with E-state index in [4.69, 9.17) is 0 Å². The van der Waals surface area contributed by atoms with E-state index < -0.39 is 47.8 Å². The lowest BCUT2D eigenvalue weighted by atomic mass is 9.60. The fourth-order valence-electron chi connectivity index (χ4n) is 2.93. The van der Waals surface area contributed by atoms with Crippen LogP contribution in [-0.4, -0.2) is 34.4 Å². The van der Waals surface area contributed by atoms with Crippen molar-refractivity contribution in [2.75, 3.05) is 0 Å². The number of carbonyl (C=O) groups excluding carboxylic acids is 2. The molecule has 2 fully saturated rings. The van der Waals surface area contributed by atoms with Crippen LogP contribution in [0, 0.1) is 23.7 Å². The second-order valence-electron chi connectivity index (χ2n) is 4.31. The van der Waals surface area contributed by atoms with Crippen LogP contribution < -0.4 is 0 Å². The van der Waals surface area contributed by atoms with Crippen LogP contribution in [0.1, 0.15) is 0 Å². The van der Waals surface area contributed by atoms with Gasteiger partial charge < -0.3 is 14.9 Å². The van der Waals surface area contributed by atoms with Gasteiger partial charge in [-0.2, -0.15) is 0 Å². The number of carbonyl (C=O) groups is 2. The molecule has 80 valence electrons. The minimum atomic E-state index is -0.973. The average Bonchev–Trinajstić information content (AvgIpc) is 2.51. The van der Waals surface area contributed by atoms with Crippen LogP contribution in [-0.2, 0) is 14.3 Å². The number of cyclic esters (lactones) is 2. The van der Waals surface area contributed by atoms with Gasteiger partial charge in [0.1, 0.15) is 0 Å². The Morgan fingerprint density at radius 1 is 0.933 bits per heavy atom. The van der Waals surface area contributed by atoms with Crippen LogP contribution in [0.25, 0.3) is 0 Å². The van der Waals surface area contributed by atoms with Crippen molar-refractivity contribution >= 4 is 11.9 Å². The van der Waals surface area contributed by atoms with Crippen LogP contribution in [0.4, 0.5) is 0 Å². The first-order valence-electron chi connectivity index (χ1n) is 4.91. The van der Waals surface area contributed by atoms with Crippen LogP contribution in [0.15, 0.2) is 12.2 Å². The van der Waals surface area contributed by atoms with Crippen LogP contribution in [0.2, 0.25) is 0 Å². The second kappa shape index (κ2) is 2.68. The summed E-state index contributed by atoms with van der Waals surface area (Å²) in [6, 6.07) is 0. The summed E-state index contributed by atoms with van der Waals surface area (Å²) in [5, 5.41) is 19.4. The maximum atomic E-state index is 11.4. The summed E-state index contributed by atoms with van der Waals surface area (Å²) in [4.78, 5) is 22.8. The monoisotopic (exact) mass is 210 g/mol. The molecule has 0 aromatic rings. The van der Waals surface area contributed by atoms with Crippen molar-refractivity contribution in [3.63, 3.8) is 0 Å². The molecule has 1 aliphatic heterocycles. The Bertz CT molecular complexity index is 340. The summed E-state index contributed by atoms with van der Waals surface area (Å²) in [5.74, 6) is -3.34. The standard InChI is InChI=1S/C10H10O5/c11-7-3-1-2-4(8(7)12)6-5(3)9(13)15-10(6)14/h1-8,11-12H/t3-,4-,5-,6-,7+,8+/m1/s1. The summed E-state index contributed by atoms with van der Waals surface area (Å²) < 4.78 is 4.55. The van der Waals surface area contributed by atoms with Crippen molar-refractivity contribution < 1.29 is 24.5 Å². The first-order valence-corrected chi connectivity index (χ1v) is 4.91. The van der Waals surface area contributed by atoms with E-state index in [1.165, 1.54) is 0 Å².